The van der Waals surface area contributed by atoms with Gasteiger partial charge in [-0.3, -0.25) is 9.89 Å². The van der Waals surface area contributed by atoms with Crippen LogP contribution in [0.3, 0.4) is 0 Å². The van der Waals surface area contributed by atoms with E-state index in [2.05, 4.69) is 30.7 Å². The van der Waals surface area contributed by atoms with Gasteiger partial charge in [0, 0.05) is 41.4 Å². The summed E-state index contributed by atoms with van der Waals surface area (Å²) in [5.74, 6) is 2.28. The van der Waals surface area contributed by atoms with Crippen LogP contribution in [0, 0.1) is 13.8 Å². The number of amides is 1. The Balaban J connectivity index is 1.31. The van der Waals surface area contributed by atoms with Crippen LogP contribution in [0.1, 0.15) is 28.0 Å². The number of aromatic amines is 1. The summed E-state index contributed by atoms with van der Waals surface area (Å²) in [6, 6.07) is 19.1. The van der Waals surface area contributed by atoms with Crippen molar-refractivity contribution in [1.29, 1.82) is 0 Å². The highest BCUT2D eigenvalue weighted by Crippen LogP contribution is 2.31. The summed E-state index contributed by atoms with van der Waals surface area (Å²) in [5, 5.41) is 14.0. The van der Waals surface area contributed by atoms with E-state index in [1.165, 1.54) is 18.2 Å². The second-order valence-electron chi connectivity index (χ2n) is 8.23. The van der Waals surface area contributed by atoms with Gasteiger partial charge in [0.1, 0.15) is 17.5 Å². The van der Waals surface area contributed by atoms with Gasteiger partial charge in [0.15, 0.2) is 5.16 Å². The first-order chi connectivity index (χ1) is 16.5. The highest BCUT2D eigenvalue weighted by molar-refractivity contribution is 7.99. The van der Waals surface area contributed by atoms with E-state index in [1.807, 2.05) is 74.5 Å². The molecule has 1 fully saturated rings. The zero-order valence-electron chi connectivity index (χ0n) is 19.0. The van der Waals surface area contributed by atoms with Gasteiger partial charge in [0.25, 0.3) is 5.91 Å². The van der Waals surface area contributed by atoms with E-state index < -0.39 is 0 Å². The maximum absolute atomic E-state index is 12.5. The Bertz CT molecular complexity index is 1320. The summed E-state index contributed by atoms with van der Waals surface area (Å²) in [5.41, 5.74) is 3.34. The molecule has 3 N–H and O–H groups in total. The number of benzene rings is 2. The van der Waals surface area contributed by atoms with Crippen LogP contribution in [0.5, 0.6) is 0 Å². The predicted octanol–water partition coefficient (Wildman–Crippen LogP) is 5.17. The molecule has 1 aliphatic rings. The monoisotopic (exact) mass is 471 g/mol. The normalized spacial score (nSPS) is 12.8. The third-order valence-electron chi connectivity index (χ3n) is 5.44. The molecule has 1 aliphatic heterocycles. The molecule has 2 aromatic carbocycles. The average Bonchev–Trinajstić information content (AvgIpc) is 3.18. The highest BCUT2D eigenvalue weighted by atomic mass is 32.2. The third-order valence-corrected chi connectivity index (χ3v) is 6.32. The number of aryl methyl sites for hydroxylation is 2. The molecule has 0 bridgehead atoms. The molecule has 172 valence electrons. The highest BCUT2D eigenvalue weighted by Gasteiger charge is 2.18. The maximum Gasteiger partial charge on any atom is 0.255 e. The molecule has 5 rings (SSSR count). The molecular formula is C25H25N7OS. The minimum atomic E-state index is -0.126. The third kappa shape index (κ3) is 5.20. The van der Waals surface area contributed by atoms with Crippen LogP contribution in [-0.4, -0.2) is 39.2 Å². The van der Waals surface area contributed by atoms with Gasteiger partial charge in [-0.1, -0.05) is 17.7 Å². The van der Waals surface area contributed by atoms with E-state index >= 15 is 0 Å². The van der Waals surface area contributed by atoms with Gasteiger partial charge < -0.3 is 15.5 Å². The number of hydrogen-bond donors (Lipinski definition) is 3. The fraction of sp³-hybridized carbons (Fsp3) is 0.200. The first-order valence-corrected chi connectivity index (χ1v) is 11.9. The number of nitrogens with zero attached hydrogens (tertiary/aromatic N) is 4. The number of H-pyrrole nitrogens is 1. The van der Waals surface area contributed by atoms with Crippen molar-refractivity contribution in [2.24, 2.45) is 0 Å². The van der Waals surface area contributed by atoms with Crippen LogP contribution in [0.15, 0.2) is 70.7 Å². The number of carbonyl (C=O) groups excluding carboxylic acids is 1. The zero-order chi connectivity index (χ0) is 23.5. The molecular weight excluding hydrogens is 446 g/mol. The molecule has 0 saturated carbocycles. The molecule has 4 aromatic rings. The lowest BCUT2D eigenvalue weighted by molar-refractivity contribution is 0.102. The van der Waals surface area contributed by atoms with Gasteiger partial charge in [-0.15, -0.1) is 0 Å². The van der Waals surface area contributed by atoms with Crippen LogP contribution >= 0.6 is 11.8 Å². The van der Waals surface area contributed by atoms with Crippen LogP contribution in [0.2, 0.25) is 0 Å². The maximum atomic E-state index is 12.5. The molecule has 2 aromatic heterocycles. The van der Waals surface area contributed by atoms with Crippen molar-refractivity contribution in [3.05, 3.63) is 77.5 Å². The van der Waals surface area contributed by atoms with Crippen molar-refractivity contribution in [2.75, 3.05) is 28.6 Å². The number of rotatable bonds is 7. The Kier molecular flexibility index (Phi) is 6.18. The minimum absolute atomic E-state index is 0.126. The Morgan fingerprint density at radius 1 is 1.03 bits per heavy atom. The lowest BCUT2D eigenvalue weighted by Crippen LogP contribution is -2.37. The second-order valence-corrected chi connectivity index (χ2v) is 9.27. The van der Waals surface area contributed by atoms with Crippen molar-refractivity contribution in [1.82, 2.24) is 20.2 Å². The Morgan fingerprint density at radius 2 is 1.85 bits per heavy atom. The summed E-state index contributed by atoms with van der Waals surface area (Å²) in [6.45, 7) is 5.90. The fourth-order valence-corrected chi connectivity index (χ4v) is 4.32. The van der Waals surface area contributed by atoms with Crippen molar-refractivity contribution >= 4 is 40.8 Å². The van der Waals surface area contributed by atoms with Crippen molar-refractivity contribution < 1.29 is 4.79 Å². The molecule has 0 spiro atoms. The molecule has 1 amide bonds. The smallest absolute Gasteiger partial charge is 0.255 e. The Morgan fingerprint density at radius 3 is 2.53 bits per heavy atom. The van der Waals surface area contributed by atoms with E-state index in [0.29, 0.717) is 16.5 Å². The number of aromatic nitrogens is 4. The zero-order valence-corrected chi connectivity index (χ0v) is 19.8. The Labute approximate surface area is 202 Å². The second kappa shape index (κ2) is 9.56. The number of nitrogens with one attached hydrogen (secondary N) is 3. The average molecular weight is 472 g/mol. The van der Waals surface area contributed by atoms with Gasteiger partial charge in [0.05, 0.1) is 5.69 Å². The van der Waals surface area contributed by atoms with E-state index in [4.69, 9.17) is 4.98 Å². The number of carbonyl (C=O) groups is 1. The first-order valence-electron chi connectivity index (χ1n) is 11.1. The number of anilines is 4. The SMILES string of the molecule is Cc1cccc(C(=O)Nc2ccc(Sc3nc(Nc4cc(C)n[nH]4)cc(N4CCC4)n3)cc2)c1. The quantitative estimate of drug-likeness (QED) is 0.320. The van der Waals surface area contributed by atoms with Gasteiger partial charge in [-0.05, 0) is 68.4 Å². The van der Waals surface area contributed by atoms with E-state index in [-0.39, 0.29) is 5.91 Å². The predicted molar refractivity (Wildman–Crippen MR) is 135 cm³/mol. The van der Waals surface area contributed by atoms with Crippen molar-refractivity contribution in [2.45, 2.75) is 30.3 Å². The summed E-state index contributed by atoms with van der Waals surface area (Å²) in [6.07, 6.45) is 1.17. The van der Waals surface area contributed by atoms with E-state index in [1.54, 1.807) is 0 Å². The largest absolute Gasteiger partial charge is 0.356 e. The minimum Gasteiger partial charge on any atom is -0.356 e. The molecule has 0 unspecified atom stereocenters. The van der Waals surface area contributed by atoms with Crippen molar-refractivity contribution in [3.63, 3.8) is 0 Å². The lowest BCUT2D eigenvalue weighted by Gasteiger charge is -2.32. The summed E-state index contributed by atoms with van der Waals surface area (Å²) in [7, 11) is 0. The number of hydrogen-bond acceptors (Lipinski definition) is 7. The summed E-state index contributed by atoms with van der Waals surface area (Å²) < 4.78 is 0. The topological polar surface area (TPSA) is 98.8 Å². The van der Waals surface area contributed by atoms with E-state index in [9.17, 15) is 4.79 Å². The van der Waals surface area contributed by atoms with Crippen LogP contribution < -0.4 is 15.5 Å². The molecule has 0 radical (unpaired) electrons. The molecule has 9 heteroatoms. The summed E-state index contributed by atoms with van der Waals surface area (Å²) >= 11 is 1.48. The molecule has 8 nitrogen and oxygen atoms in total. The Hall–Kier alpha value is -3.85. The summed E-state index contributed by atoms with van der Waals surface area (Å²) in [4.78, 5) is 25.2. The van der Waals surface area contributed by atoms with Crippen LogP contribution in [-0.2, 0) is 0 Å². The van der Waals surface area contributed by atoms with Gasteiger partial charge in [-0.2, -0.15) is 5.10 Å². The lowest BCUT2D eigenvalue weighted by atomic mass is 10.1. The van der Waals surface area contributed by atoms with Gasteiger partial charge >= 0.3 is 0 Å². The molecule has 34 heavy (non-hydrogen) atoms. The first kappa shape index (κ1) is 22.0. The fourth-order valence-electron chi connectivity index (χ4n) is 3.56. The standard InChI is InChI=1S/C25H25N7OS/c1-16-5-3-6-18(13-16)24(33)26-19-7-9-20(10-8-19)34-25-28-21(27-22-14-17(2)30-31-22)15-23(29-25)32-11-4-12-32/h3,5-10,13-15H,4,11-12H2,1-2H3,(H,26,33)(H2,27,28,29,30,31). The van der Waals surface area contributed by atoms with Crippen LogP contribution in [0.4, 0.5) is 23.1 Å². The molecule has 0 atom stereocenters. The molecule has 0 aliphatic carbocycles. The van der Waals surface area contributed by atoms with Crippen molar-refractivity contribution in [3.8, 4) is 0 Å². The van der Waals surface area contributed by atoms with E-state index in [0.717, 1.165) is 46.6 Å². The molecule has 3 heterocycles. The van der Waals surface area contributed by atoms with Gasteiger partial charge in [0.2, 0.25) is 0 Å². The van der Waals surface area contributed by atoms with Gasteiger partial charge in [-0.25, -0.2) is 9.97 Å². The molecule has 1 saturated heterocycles. The van der Waals surface area contributed by atoms with Crippen LogP contribution in [0.25, 0.3) is 0 Å².